The highest BCUT2D eigenvalue weighted by Gasteiger charge is 2.40. The fraction of sp³-hybridized carbons (Fsp3) is 0.472. The second-order valence-corrected chi connectivity index (χ2v) is 14.2. The molecule has 2 aromatic carbocycles. The van der Waals surface area contributed by atoms with Gasteiger partial charge in [0, 0.05) is 44.6 Å². The van der Waals surface area contributed by atoms with Gasteiger partial charge in [0.05, 0.1) is 31.3 Å². The van der Waals surface area contributed by atoms with Gasteiger partial charge in [0.15, 0.2) is 12.2 Å². The number of nitrogens with zero attached hydrogens (tertiary/aromatic N) is 5. The van der Waals surface area contributed by atoms with Crippen molar-refractivity contribution in [2.24, 2.45) is 0 Å². The molecule has 0 bridgehead atoms. The summed E-state index contributed by atoms with van der Waals surface area (Å²) in [5, 5.41) is 23.3. The van der Waals surface area contributed by atoms with Crippen LogP contribution in [-0.4, -0.2) is 120 Å². The van der Waals surface area contributed by atoms with E-state index in [1.165, 1.54) is 46.0 Å². The largest absolute Gasteiger partial charge is 0.443 e. The number of amides is 6. The van der Waals surface area contributed by atoms with Crippen LogP contribution >= 0.6 is 0 Å². The van der Waals surface area contributed by atoms with Crippen molar-refractivity contribution in [1.82, 2.24) is 14.7 Å². The van der Waals surface area contributed by atoms with Gasteiger partial charge in [-0.3, -0.25) is 19.2 Å². The number of ether oxygens (including phenoxy) is 3. The Bertz CT molecular complexity index is 1710. The molecule has 0 unspecified atom stereocenters. The summed E-state index contributed by atoms with van der Waals surface area (Å²) in [4.78, 5) is 82.6. The Hall–Kier alpha value is -5.53. The van der Waals surface area contributed by atoms with Crippen LogP contribution in [0.5, 0.6) is 0 Å². The summed E-state index contributed by atoms with van der Waals surface area (Å²) in [6.07, 6.45) is -5.63. The van der Waals surface area contributed by atoms with Gasteiger partial charge in [-0.1, -0.05) is 6.07 Å². The second-order valence-electron chi connectivity index (χ2n) is 14.2. The smallest absolute Gasteiger partial charge is 0.420 e. The van der Waals surface area contributed by atoms with Crippen LogP contribution in [0.3, 0.4) is 0 Å². The predicted molar refractivity (Wildman–Crippen MR) is 188 cm³/mol. The molecule has 1 aliphatic heterocycles. The summed E-state index contributed by atoms with van der Waals surface area (Å²) in [7, 11) is 4.64. The van der Waals surface area contributed by atoms with Crippen LogP contribution in [0.4, 0.5) is 21.0 Å². The van der Waals surface area contributed by atoms with E-state index in [9.17, 15) is 39.1 Å². The van der Waals surface area contributed by atoms with E-state index in [0.29, 0.717) is 10.6 Å². The average molecular weight is 723 g/mol. The van der Waals surface area contributed by atoms with Crippen LogP contribution in [0.1, 0.15) is 63.0 Å². The van der Waals surface area contributed by atoms with Crippen molar-refractivity contribution < 1.29 is 48.1 Å². The van der Waals surface area contributed by atoms with Gasteiger partial charge in [-0.2, -0.15) is 5.26 Å². The summed E-state index contributed by atoms with van der Waals surface area (Å²) < 4.78 is 16.3. The number of carbonyl (C=O) groups is 6. The molecule has 0 spiro atoms. The third-order valence-electron chi connectivity index (χ3n) is 7.35. The van der Waals surface area contributed by atoms with Crippen LogP contribution in [0, 0.1) is 11.3 Å². The maximum atomic E-state index is 13.5. The fourth-order valence-electron chi connectivity index (χ4n) is 4.80. The van der Waals surface area contributed by atoms with E-state index in [1.807, 2.05) is 6.07 Å². The first-order valence-electron chi connectivity index (χ1n) is 16.4. The zero-order valence-electron chi connectivity index (χ0n) is 30.9. The van der Waals surface area contributed by atoms with E-state index in [4.69, 9.17) is 14.2 Å². The standard InChI is InChI=1S/C36H46N6O10/c1-35(2,3)51-33(48)42(34(49)52-36(4,5)6)20-24-17-25(14-13-23(24)19-37)38-30(45)28(44)29-32(47)41(15-16-50-29)26-12-10-11-22(18-26)31(46)40(9)21-27(43)39(7)8/h10-14,17-18,28-29,44H,15-16,20-21H2,1-9H3,(H,38,45)/t28-,29-/m1/s1. The van der Waals surface area contributed by atoms with E-state index in [-0.39, 0.29) is 48.0 Å². The second kappa shape index (κ2) is 16.7. The molecule has 6 amide bonds. The Morgan fingerprint density at radius 2 is 1.62 bits per heavy atom. The average Bonchev–Trinajstić information content (AvgIpc) is 3.04. The Morgan fingerprint density at radius 1 is 1.00 bits per heavy atom. The quantitative estimate of drug-likeness (QED) is 0.386. The number of hydrogen-bond donors (Lipinski definition) is 2. The number of nitrogens with one attached hydrogen (secondary N) is 1. The molecule has 1 aliphatic rings. The van der Waals surface area contributed by atoms with E-state index < -0.39 is 59.9 Å². The lowest BCUT2D eigenvalue weighted by molar-refractivity contribution is -0.150. The third kappa shape index (κ3) is 11.0. The van der Waals surface area contributed by atoms with Crippen LogP contribution in [-0.2, 0) is 35.1 Å². The van der Waals surface area contributed by atoms with Crippen molar-refractivity contribution in [3.05, 3.63) is 59.2 Å². The van der Waals surface area contributed by atoms with Gasteiger partial charge < -0.3 is 39.3 Å². The molecule has 2 N–H and O–H groups in total. The number of likely N-dealkylation sites (N-methyl/N-ethyl adjacent to an activating group) is 2. The van der Waals surface area contributed by atoms with E-state index in [2.05, 4.69) is 5.32 Å². The molecular formula is C36H46N6O10. The van der Waals surface area contributed by atoms with E-state index in [1.54, 1.807) is 73.8 Å². The highest BCUT2D eigenvalue weighted by Crippen LogP contribution is 2.25. The minimum atomic E-state index is -1.98. The van der Waals surface area contributed by atoms with Gasteiger partial charge in [-0.05, 0) is 83.5 Å². The molecule has 3 rings (SSSR count). The molecule has 16 heteroatoms. The van der Waals surface area contributed by atoms with Crippen LogP contribution in [0.2, 0.25) is 0 Å². The Labute approximate surface area is 302 Å². The number of morpholine rings is 1. The molecule has 2 atom stereocenters. The third-order valence-corrected chi connectivity index (χ3v) is 7.35. The topological polar surface area (TPSA) is 199 Å². The minimum absolute atomic E-state index is 0.0393. The highest BCUT2D eigenvalue weighted by molar-refractivity contribution is 6.05. The summed E-state index contributed by atoms with van der Waals surface area (Å²) in [6.45, 7) is 9.15. The lowest BCUT2D eigenvalue weighted by atomic mass is 10.1. The van der Waals surface area contributed by atoms with Crippen LogP contribution < -0.4 is 10.2 Å². The number of benzene rings is 2. The summed E-state index contributed by atoms with van der Waals surface area (Å²) in [5.41, 5.74) is -1.08. The number of nitriles is 1. The first-order valence-corrected chi connectivity index (χ1v) is 16.4. The van der Waals surface area contributed by atoms with Gasteiger partial charge in [-0.15, -0.1) is 0 Å². The Balaban J connectivity index is 1.80. The van der Waals surface area contributed by atoms with Gasteiger partial charge in [0.2, 0.25) is 5.91 Å². The molecule has 1 heterocycles. The summed E-state index contributed by atoms with van der Waals surface area (Å²) >= 11 is 0. The molecule has 2 aromatic rings. The van der Waals surface area contributed by atoms with Gasteiger partial charge in [0.1, 0.15) is 11.2 Å². The lowest BCUT2D eigenvalue weighted by Gasteiger charge is -2.34. The van der Waals surface area contributed by atoms with Gasteiger partial charge in [0.25, 0.3) is 17.7 Å². The van der Waals surface area contributed by atoms with Crippen LogP contribution in [0.25, 0.3) is 0 Å². The number of carbonyl (C=O) groups excluding carboxylic acids is 6. The monoisotopic (exact) mass is 722 g/mol. The normalized spacial score (nSPS) is 15.1. The first kappa shape index (κ1) is 40.9. The first-order chi connectivity index (χ1) is 24.1. The summed E-state index contributed by atoms with van der Waals surface area (Å²) in [5.74, 6) is -2.47. The molecule has 0 aliphatic carbocycles. The molecule has 0 saturated carbocycles. The number of anilines is 2. The fourth-order valence-corrected chi connectivity index (χ4v) is 4.80. The zero-order valence-corrected chi connectivity index (χ0v) is 30.9. The molecule has 1 saturated heterocycles. The van der Waals surface area contributed by atoms with E-state index >= 15 is 0 Å². The lowest BCUT2D eigenvalue weighted by Crippen LogP contribution is -2.55. The molecule has 280 valence electrons. The summed E-state index contributed by atoms with van der Waals surface area (Å²) in [6, 6.07) is 12.2. The number of aliphatic hydroxyl groups excluding tert-OH is 1. The van der Waals surface area contributed by atoms with E-state index in [0.717, 1.165) is 0 Å². The molecule has 0 aromatic heterocycles. The van der Waals surface area contributed by atoms with Crippen molar-refractivity contribution in [3.63, 3.8) is 0 Å². The predicted octanol–water partition coefficient (Wildman–Crippen LogP) is 3.12. The van der Waals surface area contributed by atoms with Gasteiger partial charge in [-0.25, -0.2) is 14.5 Å². The number of rotatable bonds is 9. The van der Waals surface area contributed by atoms with Crippen molar-refractivity contribution in [2.45, 2.75) is 71.5 Å². The number of imide groups is 1. The highest BCUT2D eigenvalue weighted by atomic mass is 16.6. The van der Waals surface area contributed by atoms with Crippen molar-refractivity contribution in [3.8, 4) is 6.07 Å². The molecule has 0 radical (unpaired) electrons. The maximum absolute atomic E-state index is 13.5. The van der Waals surface area contributed by atoms with Crippen LogP contribution in [0.15, 0.2) is 42.5 Å². The minimum Gasteiger partial charge on any atom is -0.443 e. The molecule has 52 heavy (non-hydrogen) atoms. The molecular weight excluding hydrogens is 676 g/mol. The van der Waals surface area contributed by atoms with Crippen molar-refractivity contribution >= 4 is 47.2 Å². The molecule has 1 fully saturated rings. The molecule has 16 nitrogen and oxygen atoms in total. The number of hydrogen-bond acceptors (Lipinski definition) is 11. The van der Waals surface area contributed by atoms with Crippen molar-refractivity contribution in [1.29, 1.82) is 5.26 Å². The SMILES string of the molecule is CN(C)C(=O)CN(C)C(=O)c1cccc(N2CCO[C@H]([C@@H](O)C(=O)Nc3ccc(C#N)c(CN(C(=O)OC(C)(C)C)C(=O)OC(C)(C)C)c3)C2=O)c1. The van der Waals surface area contributed by atoms with Crippen molar-refractivity contribution in [2.75, 3.05) is 51.1 Å². The zero-order chi connectivity index (χ0) is 39.1. The number of aliphatic hydroxyl groups is 1. The Morgan fingerprint density at radius 3 is 2.17 bits per heavy atom. The Kier molecular flexibility index (Phi) is 13.1. The maximum Gasteiger partial charge on any atom is 0.420 e. The van der Waals surface area contributed by atoms with Gasteiger partial charge >= 0.3 is 12.2 Å².